The Morgan fingerprint density at radius 3 is 2.19 bits per heavy atom. The first kappa shape index (κ1) is 20.5. The van der Waals surface area contributed by atoms with E-state index in [2.05, 4.69) is 5.32 Å². The molecule has 1 aliphatic rings. The molecule has 0 bridgehead atoms. The molecule has 1 saturated carbocycles. The zero-order valence-electron chi connectivity index (χ0n) is 15.1. The third-order valence-corrected chi connectivity index (χ3v) is 4.54. The molecule has 0 unspecified atom stereocenters. The number of carbonyl (C=O) groups is 2. The lowest BCUT2D eigenvalue weighted by Gasteiger charge is -2.20. The van der Waals surface area contributed by atoms with Gasteiger partial charge in [0.15, 0.2) is 0 Å². The molecular weight excluding hydrogens is 346 g/mol. The van der Waals surface area contributed by atoms with E-state index in [-0.39, 0.29) is 18.2 Å². The number of aliphatic hydroxyl groups is 1. The summed E-state index contributed by atoms with van der Waals surface area (Å²) in [5.74, 6) is -0.966. The number of hydrogen-bond acceptors (Lipinski definition) is 3. The van der Waals surface area contributed by atoms with Crippen LogP contribution in [0.5, 0.6) is 0 Å². The van der Waals surface area contributed by atoms with Crippen LogP contribution < -0.4 is 5.32 Å². The molecule has 0 aromatic heterocycles. The topological polar surface area (TPSA) is 107 Å². The molecule has 27 heavy (non-hydrogen) atoms. The third kappa shape index (κ3) is 6.42. The minimum atomic E-state index is -0.966. The number of aromatic carboxylic acids is 1. The fourth-order valence-corrected chi connectivity index (χ4v) is 3.16. The fourth-order valence-electron chi connectivity index (χ4n) is 3.16. The van der Waals surface area contributed by atoms with Gasteiger partial charge in [-0.2, -0.15) is 0 Å². The Kier molecular flexibility index (Phi) is 7.82. The van der Waals surface area contributed by atoms with E-state index in [1.165, 1.54) is 25.3 Å². The molecule has 0 aliphatic heterocycles. The van der Waals surface area contributed by atoms with Gasteiger partial charge in [0, 0.05) is 6.04 Å². The van der Waals surface area contributed by atoms with Crippen molar-refractivity contribution in [3.63, 3.8) is 0 Å². The van der Waals surface area contributed by atoms with Gasteiger partial charge in [0.1, 0.15) is 0 Å². The first-order chi connectivity index (χ1) is 13.0. The average Bonchev–Trinajstić information content (AvgIpc) is 2.69. The molecule has 1 amide bonds. The standard InChI is InChI=1S/C14H12O3.C7H13NO2/c15-9-12-7-6-11(14(16)17)8-13(12)10-4-2-1-3-5-10;9-7(10)8-6-4-2-1-3-5-6/h1-8,15H,9H2,(H,16,17);6,8H,1-5H2,(H,9,10). The number of hydrogen-bond donors (Lipinski definition) is 4. The Labute approximate surface area is 158 Å². The van der Waals surface area contributed by atoms with Crippen LogP contribution in [0.3, 0.4) is 0 Å². The number of nitrogens with one attached hydrogen (secondary N) is 1. The second kappa shape index (κ2) is 10.3. The summed E-state index contributed by atoms with van der Waals surface area (Å²) in [5, 5.41) is 29.1. The lowest BCUT2D eigenvalue weighted by Crippen LogP contribution is -2.34. The van der Waals surface area contributed by atoms with Crippen LogP contribution in [0.2, 0.25) is 0 Å². The van der Waals surface area contributed by atoms with Gasteiger partial charge in [-0.3, -0.25) is 0 Å². The van der Waals surface area contributed by atoms with Crippen molar-refractivity contribution in [3.8, 4) is 11.1 Å². The summed E-state index contributed by atoms with van der Waals surface area (Å²) in [7, 11) is 0. The highest BCUT2D eigenvalue weighted by molar-refractivity contribution is 5.90. The van der Waals surface area contributed by atoms with Gasteiger partial charge in [-0.15, -0.1) is 0 Å². The molecule has 2 aromatic rings. The molecule has 0 spiro atoms. The highest BCUT2D eigenvalue weighted by Gasteiger charge is 2.14. The first-order valence-electron chi connectivity index (χ1n) is 9.03. The van der Waals surface area contributed by atoms with Crippen molar-refractivity contribution in [3.05, 3.63) is 59.7 Å². The van der Waals surface area contributed by atoms with E-state index in [1.807, 2.05) is 30.3 Å². The molecule has 4 N–H and O–H groups in total. The van der Waals surface area contributed by atoms with Crippen molar-refractivity contribution in [2.45, 2.75) is 44.8 Å². The fraction of sp³-hybridized carbons (Fsp3) is 0.333. The molecule has 6 nitrogen and oxygen atoms in total. The maximum absolute atomic E-state index is 10.9. The molecule has 144 valence electrons. The third-order valence-electron chi connectivity index (χ3n) is 4.54. The second-order valence-corrected chi connectivity index (χ2v) is 6.49. The summed E-state index contributed by atoms with van der Waals surface area (Å²) in [4.78, 5) is 21.1. The lowest BCUT2D eigenvalue weighted by molar-refractivity contribution is 0.0696. The zero-order chi connectivity index (χ0) is 19.6. The van der Waals surface area contributed by atoms with Gasteiger partial charge in [0.25, 0.3) is 0 Å². The SMILES string of the molecule is O=C(O)NC1CCCCC1.O=C(O)c1ccc(CO)c(-c2ccccc2)c1. The van der Waals surface area contributed by atoms with Crippen LogP contribution in [0, 0.1) is 0 Å². The predicted octanol–water partition coefficient (Wildman–Crippen LogP) is 4.13. The summed E-state index contributed by atoms with van der Waals surface area (Å²) >= 11 is 0. The monoisotopic (exact) mass is 371 g/mol. The molecule has 0 heterocycles. The van der Waals surface area contributed by atoms with Crippen LogP contribution in [-0.2, 0) is 6.61 Å². The number of aliphatic hydroxyl groups excluding tert-OH is 1. The number of amides is 1. The summed E-state index contributed by atoms with van der Waals surface area (Å²) < 4.78 is 0. The minimum Gasteiger partial charge on any atom is -0.478 e. The number of carboxylic acid groups (broad SMARTS) is 2. The van der Waals surface area contributed by atoms with Gasteiger partial charge in [-0.05, 0) is 41.7 Å². The maximum atomic E-state index is 10.9. The van der Waals surface area contributed by atoms with Crippen molar-refractivity contribution in [2.75, 3.05) is 0 Å². The van der Waals surface area contributed by atoms with E-state index in [9.17, 15) is 14.7 Å². The zero-order valence-corrected chi connectivity index (χ0v) is 15.1. The maximum Gasteiger partial charge on any atom is 0.404 e. The normalized spacial score (nSPS) is 14.0. The van der Waals surface area contributed by atoms with Crippen LogP contribution in [-0.4, -0.2) is 33.4 Å². The molecule has 6 heteroatoms. The van der Waals surface area contributed by atoms with Crippen molar-refractivity contribution in [2.24, 2.45) is 0 Å². The van der Waals surface area contributed by atoms with E-state index in [1.54, 1.807) is 12.1 Å². The Hall–Kier alpha value is -2.86. The van der Waals surface area contributed by atoms with Crippen LogP contribution in [0.1, 0.15) is 48.0 Å². The highest BCUT2D eigenvalue weighted by Crippen LogP contribution is 2.25. The molecule has 2 aromatic carbocycles. The number of benzene rings is 2. The summed E-state index contributed by atoms with van der Waals surface area (Å²) in [6.07, 6.45) is 4.76. The van der Waals surface area contributed by atoms with Gasteiger partial charge < -0.3 is 20.6 Å². The lowest BCUT2D eigenvalue weighted by atomic mass is 9.96. The van der Waals surface area contributed by atoms with E-state index < -0.39 is 12.1 Å². The quantitative estimate of drug-likeness (QED) is 0.646. The van der Waals surface area contributed by atoms with Crippen molar-refractivity contribution < 1.29 is 24.9 Å². The largest absolute Gasteiger partial charge is 0.478 e. The van der Waals surface area contributed by atoms with Gasteiger partial charge in [-0.25, -0.2) is 9.59 Å². The van der Waals surface area contributed by atoms with Crippen LogP contribution in [0.15, 0.2) is 48.5 Å². The van der Waals surface area contributed by atoms with Gasteiger partial charge in [0.2, 0.25) is 0 Å². The molecular formula is C21H25NO5. The van der Waals surface area contributed by atoms with Crippen LogP contribution >= 0.6 is 0 Å². The highest BCUT2D eigenvalue weighted by atomic mass is 16.4. The van der Waals surface area contributed by atoms with Gasteiger partial charge >= 0.3 is 12.1 Å². The van der Waals surface area contributed by atoms with Crippen molar-refractivity contribution in [1.82, 2.24) is 5.32 Å². The molecule has 3 rings (SSSR count). The smallest absolute Gasteiger partial charge is 0.404 e. The van der Waals surface area contributed by atoms with Crippen LogP contribution in [0.4, 0.5) is 4.79 Å². The van der Waals surface area contributed by atoms with Crippen molar-refractivity contribution >= 4 is 12.1 Å². The van der Waals surface area contributed by atoms with Crippen molar-refractivity contribution in [1.29, 1.82) is 0 Å². The summed E-state index contributed by atoms with van der Waals surface area (Å²) in [6, 6.07) is 14.4. The average molecular weight is 371 g/mol. The Balaban J connectivity index is 0.000000223. The summed E-state index contributed by atoms with van der Waals surface area (Å²) in [5.41, 5.74) is 2.61. The second-order valence-electron chi connectivity index (χ2n) is 6.49. The van der Waals surface area contributed by atoms with Gasteiger partial charge in [-0.1, -0.05) is 55.7 Å². The molecule has 0 radical (unpaired) electrons. The van der Waals surface area contributed by atoms with E-state index in [0.717, 1.165) is 29.5 Å². The Bertz CT molecular complexity index is 754. The van der Waals surface area contributed by atoms with E-state index >= 15 is 0 Å². The molecule has 0 atom stereocenters. The van der Waals surface area contributed by atoms with Crippen LogP contribution in [0.25, 0.3) is 11.1 Å². The first-order valence-corrected chi connectivity index (χ1v) is 9.03. The van der Waals surface area contributed by atoms with E-state index in [0.29, 0.717) is 0 Å². The molecule has 1 aliphatic carbocycles. The predicted molar refractivity (Wildman–Crippen MR) is 103 cm³/mol. The van der Waals surface area contributed by atoms with Gasteiger partial charge in [0.05, 0.1) is 12.2 Å². The minimum absolute atomic E-state index is 0.107. The number of carboxylic acids is 1. The Morgan fingerprint density at radius 2 is 1.63 bits per heavy atom. The Morgan fingerprint density at radius 1 is 0.963 bits per heavy atom. The molecule has 0 saturated heterocycles. The van der Waals surface area contributed by atoms with E-state index in [4.69, 9.17) is 10.2 Å². The summed E-state index contributed by atoms with van der Waals surface area (Å²) in [6.45, 7) is -0.107. The number of rotatable bonds is 4. The molecule has 1 fully saturated rings.